The fourth-order valence-corrected chi connectivity index (χ4v) is 2.31. The van der Waals surface area contributed by atoms with Crippen molar-refractivity contribution in [3.05, 3.63) is 56.8 Å². The summed E-state index contributed by atoms with van der Waals surface area (Å²) < 4.78 is 10.0. The lowest BCUT2D eigenvalue weighted by molar-refractivity contribution is -0.385. The van der Waals surface area contributed by atoms with E-state index in [1.807, 2.05) is 0 Å². The number of hydrogen-bond donors (Lipinski definition) is 1. The summed E-state index contributed by atoms with van der Waals surface area (Å²) in [5.41, 5.74) is 4.77. The molecular weight excluding hydrogens is 338 g/mol. The SMILES string of the molecule is COCc1cc(C)nc(NN=Cc2ccc(OC)c([N+](=O)[O-])c2)c1C#N. The lowest BCUT2D eigenvalue weighted by Crippen LogP contribution is -2.03. The number of hydrazone groups is 1. The van der Waals surface area contributed by atoms with Gasteiger partial charge in [0.1, 0.15) is 11.6 Å². The van der Waals surface area contributed by atoms with Crippen molar-refractivity contribution in [2.45, 2.75) is 13.5 Å². The average molecular weight is 355 g/mol. The topological polar surface area (TPSA) is 123 Å². The van der Waals surface area contributed by atoms with Crippen molar-refractivity contribution in [1.29, 1.82) is 5.26 Å². The molecular formula is C17H17N5O4. The molecule has 9 heteroatoms. The highest BCUT2D eigenvalue weighted by molar-refractivity contribution is 5.82. The predicted octanol–water partition coefficient (Wildman–Crippen LogP) is 2.77. The summed E-state index contributed by atoms with van der Waals surface area (Å²) in [5.74, 6) is 0.454. The summed E-state index contributed by atoms with van der Waals surface area (Å²) in [6.07, 6.45) is 1.40. The van der Waals surface area contributed by atoms with Gasteiger partial charge < -0.3 is 9.47 Å². The predicted molar refractivity (Wildman–Crippen MR) is 95.3 cm³/mol. The van der Waals surface area contributed by atoms with E-state index in [-0.39, 0.29) is 18.0 Å². The molecule has 1 aromatic heterocycles. The maximum absolute atomic E-state index is 11.1. The first kappa shape index (κ1) is 18.8. The molecule has 0 aliphatic rings. The number of nitrogens with zero attached hydrogens (tertiary/aromatic N) is 4. The van der Waals surface area contributed by atoms with Gasteiger partial charge in [0.2, 0.25) is 0 Å². The van der Waals surface area contributed by atoms with E-state index >= 15 is 0 Å². The Balaban J connectivity index is 2.27. The normalized spacial score (nSPS) is 10.5. The first-order valence-corrected chi connectivity index (χ1v) is 7.51. The Morgan fingerprint density at radius 1 is 1.42 bits per heavy atom. The summed E-state index contributed by atoms with van der Waals surface area (Å²) >= 11 is 0. The quantitative estimate of drug-likeness (QED) is 0.460. The number of rotatable bonds is 7. The van der Waals surface area contributed by atoms with Crippen LogP contribution in [0.2, 0.25) is 0 Å². The second-order valence-electron chi connectivity index (χ2n) is 5.25. The smallest absolute Gasteiger partial charge is 0.311 e. The van der Waals surface area contributed by atoms with Gasteiger partial charge in [-0.25, -0.2) is 4.98 Å². The van der Waals surface area contributed by atoms with Crippen LogP contribution < -0.4 is 10.2 Å². The number of pyridine rings is 1. The van der Waals surface area contributed by atoms with E-state index in [4.69, 9.17) is 9.47 Å². The van der Waals surface area contributed by atoms with Crippen LogP contribution in [0.3, 0.4) is 0 Å². The minimum atomic E-state index is -0.531. The molecule has 134 valence electrons. The van der Waals surface area contributed by atoms with Crippen molar-refractivity contribution in [1.82, 2.24) is 4.98 Å². The van der Waals surface area contributed by atoms with Gasteiger partial charge in [-0.15, -0.1) is 0 Å². The summed E-state index contributed by atoms with van der Waals surface area (Å²) in [4.78, 5) is 14.8. The molecule has 1 heterocycles. The molecule has 0 radical (unpaired) electrons. The van der Waals surface area contributed by atoms with Crippen LogP contribution in [0.5, 0.6) is 5.75 Å². The summed E-state index contributed by atoms with van der Waals surface area (Å²) in [7, 11) is 2.90. The minimum absolute atomic E-state index is 0.162. The molecule has 2 aromatic rings. The Labute approximate surface area is 150 Å². The van der Waals surface area contributed by atoms with Gasteiger partial charge in [0.15, 0.2) is 11.6 Å². The fourth-order valence-electron chi connectivity index (χ4n) is 2.31. The van der Waals surface area contributed by atoms with Crippen LogP contribution in [0.4, 0.5) is 11.5 Å². The first-order valence-electron chi connectivity index (χ1n) is 7.51. The number of methoxy groups -OCH3 is 2. The van der Waals surface area contributed by atoms with Crippen molar-refractivity contribution in [2.24, 2.45) is 5.10 Å². The van der Waals surface area contributed by atoms with Crippen LogP contribution >= 0.6 is 0 Å². The number of nitriles is 1. The molecule has 0 unspecified atom stereocenters. The third kappa shape index (κ3) is 4.31. The maximum atomic E-state index is 11.1. The van der Waals surface area contributed by atoms with Crippen LogP contribution in [0.15, 0.2) is 29.4 Å². The zero-order valence-corrected chi connectivity index (χ0v) is 14.5. The lowest BCUT2D eigenvalue weighted by Gasteiger charge is -2.09. The Kier molecular flexibility index (Phi) is 6.19. The Morgan fingerprint density at radius 3 is 2.81 bits per heavy atom. The van der Waals surface area contributed by atoms with Crippen molar-refractivity contribution in [2.75, 3.05) is 19.6 Å². The second kappa shape index (κ2) is 8.55. The Hall–Kier alpha value is -3.51. The Morgan fingerprint density at radius 2 is 2.19 bits per heavy atom. The van der Waals surface area contributed by atoms with Crippen LogP contribution in [0.25, 0.3) is 0 Å². The van der Waals surface area contributed by atoms with E-state index < -0.39 is 4.92 Å². The van der Waals surface area contributed by atoms with Gasteiger partial charge in [-0.05, 0) is 25.1 Å². The number of nitro benzene ring substituents is 1. The molecule has 0 fully saturated rings. The molecule has 0 spiro atoms. The third-order valence-corrected chi connectivity index (χ3v) is 3.42. The van der Waals surface area contributed by atoms with E-state index in [9.17, 15) is 15.4 Å². The summed E-state index contributed by atoms with van der Waals surface area (Å²) in [5, 5.41) is 24.4. The van der Waals surface area contributed by atoms with Crippen LogP contribution in [0, 0.1) is 28.4 Å². The van der Waals surface area contributed by atoms with Crippen molar-refractivity contribution < 1.29 is 14.4 Å². The number of aryl methyl sites for hydroxylation is 1. The van der Waals surface area contributed by atoms with Crippen molar-refractivity contribution in [3.63, 3.8) is 0 Å². The molecule has 9 nitrogen and oxygen atoms in total. The number of ether oxygens (including phenoxy) is 2. The molecule has 0 amide bonds. The van der Waals surface area contributed by atoms with Gasteiger partial charge in [0, 0.05) is 30.0 Å². The molecule has 0 bridgehead atoms. The third-order valence-electron chi connectivity index (χ3n) is 3.42. The molecule has 0 saturated carbocycles. The van der Waals surface area contributed by atoms with E-state index in [1.165, 1.54) is 25.5 Å². The molecule has 1 aromatic carbocycles. The number of hydrogen-bond acceptors (Lipinski definition) is 8. The molecule has 26 heavy (non-hydrogen) atoms. The van der Waals surface area contributed by atoms with Gasteiger partial charge in [0.25, 0.3) is 0 Å². The van der Waals surface area contributed by atoms with E-state index in [0.29, 0.717) is 28.2 Å². The molecule has 2 rings (SSSR count). The molecule has 1 N–H and O–H groups in total. The maximum Gasteiger partial charge on any atom is 0.311 e. The molecule has 0 aliphatic heterocycles. The molecule has 0 aliphatic carbocycles. The van der Waals surface area contributed by atoms with Gasteiger partial charge in [-0.3, -0.25) is 15.5 Å². The van der Waals surface area contributed by atoms with Crippen molar-refractivity contribution in [3.8, 4) is 11.8 Å². The van der Waals surface area contributed by atoms with Gasteiger partial charge in [-0.1, -0.05) is 0 Å². The molecule has 0 atom stereocenters. The summed E-state index contributed by atoms with van der Waals surface area (Å²) in [6, 6.07) is 8.30. The van der Waals surface area contributed by atoms with Crippen LogP contribution in [-0.2, 0) is 11.3 Å². The number of nitro groups is 1. The number of anilines is 1. The first-order chi connectivity index (χ1) is 12.5. The van der Waals surface area contributed by atoms with E-state index in [1.54, 1.807) is 26.2 Å². The summed E-state index contributed by atoms with van der Waals surface area (Å²) in [6.45, 7) is 2.07. The van der Waals surface area contributed by atoms with Gasteiger partial charge >= 0.3 is 5.69 Å². The van der Waals surface area contributed by atoms with E-state index in [0.717, 1.165) is 0 Å². The highest BCUT2D eigenvalue weighted by atomic mass is 16.6. The number of aromatic nitrogens is 1. The number of benzene rings is 1. The zero-order chi connectivity index (χ0) is 19.1. The Bertz CT molecular complexity index is 889. The van der Waals surface area contributed by atoms with E-state index in [2.05, 4.69) is 21.6 Å². The fraction of sp³-hybridized carbons (Fsp3) is 0.235. The largest absolute Gasteiger partial charge is 0.490 e. The van der Waals surface area contributed by atoms with Crippen molar-refractivity contribution >= 4 is 17.7 Å². The van der Waals surface area contributed by atoms with Crippen LogP contribution in [-0.4, -0.2) is 30.3 Å². The van der Waals surface area contributed by atoms with Crippen LogP contribution in [0.1, 0.15) is 22.4 Å². The highest BCUT2D eigenvalue weighted by Crippen LogP contribution is 2.27. The van der Waals surface area contributed by atoms with Gasteiger partial charge in [0.05, 0.1) is 24.9 Å². The van der Waals surface area contributed by atoms with Gasteiger partial charge in [-0.2, -0.15) is 10.4 Å². The zero-order valence-electron chi connectivity index (χ0n) is 14.5. The monoisotopic (exact) mass is 355 g/mol. The molecule has 0 saturated heterocycles. The highest BCUT2D eigenvalue weighted by Gasteiger charge is 2.14. The standard InChI is InChI=1S/C17H17N5O4/c1-11-6-13(10-25-2)14(8-18)17(20-11)21-19-9-12-4-5-16(26-3)15(7-12)22(23)24/h4-7,9H,10H2,1-3H3,(H,20,21). The average Bonchev–Trinajstić information content (AvgIpc) is 2.61. The second-order valence-corrected chi connectivity index (χ2v) is 5.25. The lowest BCUT2D eigenvalue weighted by atomic mass is 10.1. The number of nitrogens with one attached hydrogen (secondary N) is 1. The minimum Gasteiger partial charge on any atom is -0.490 e.